The third-order valence-corrected chi connectivity index (χ3v) is 5.62. The largest absolute Gasteiger partial charge is 0.449 e. The van der Waals surface area contributed by atoms with E-state index in [1.54, 1.807) is 0 Å². The third-order valence-electron chi connectivity index (χ3n) is 5.62. The Bertz CT molecular complexity index is 762. The molecule has 2 aromatic carbocycles. The Balaban J connectivity index is 1.26. The minimum absolute atomic E-state index is 0.0773. The molecule has 0 bridgehead atoms. The predicted octanol–water partition coefficient (Wildman–Crippen LogP) is 5.53. The molecule has 0 unspecified atom stereocenters. The van der Waals surface area contributed by atoms with E-state index in [9.17, 15) is 4.79 Å². The summed E-state index contributed by atoms with van der Waals surface area (Å²) in [5, 5.41) is 2.76. The van der Waals surface area contributed by atoms with Crippen LogP contribution in [0.5, 0.6) is 0 Å². The van der Waals surface area contributed by atoms with Gasteiger partial charge in [0.15, 0.2) is 0 Å². The Kier molecular flexibility index (Phi) is 9.87. The number of carbonyl (C=O) groups is 1. The van der Waals surface area contributed by atoms with E-state index >= 15 is 0 Å². The molecule has 3 rings (SSSR count). The van der Waals surface area contributed by atoms with Crippen LogP contribution in [0.1, 0.15) is 56.1 Å². The summed E-state index contributed by atoms with van der Waals surface area (Å²) in [4.78, 5) is 12.1. The molecule has 31 heavy (non-hydrogen) atoms. The molecule has 1 amide bonds. The summed E-state index contributed by atoms with van der Waals surface area (Å²) in [6, 6.07) is 16.6. The van der Waals surface area contributed by atoms with Crippen molar-refractivity contribution in [3.8, 4) is 11.1 Å². The van der Waals surface area contributed by atoms with Crippen molar-refractivity contribution in [3.63, 3.8) is 0 Å². The zero-order valence-corrected chi connectivity index (χ0v) is 18.6. The summed E-state index contributed by atoms with van der Waals surface area (Å²) in [6.07, 6.45) is 5.80. The van der Waals surface area contributed by atoms with Crippen molar-refractivity contribution in [2.24, 2.45) is 0 Å². The minimum atomic E-state index is -0.409. The molecule has 5 nitrogen and oxygen atoms in total. The lowest BCUT2D eigenvalue weighted by Gasteiger charge is -2.14. The maximum absolute atomic E-state index is 12.1. The number of rotatable bonds is 14. The van der Waals surface area contributed by atoms with Gasteiger partial charge in [-0.2, -0.15) is 0 Å². The van der Waals surface area contributed by atoms with Crippen LogP contribution in [0.4, 0.5) is 4.79 Å². The number of fused-ring (bicyclic) bond motifs is 3. The molecule has 5 heteroatoms. The summed E-state index contributed by atoms with van der Waals surface area (Å²) in [5.41, 5.74) is 4.88. The van der Waals surface area contributed by atoms with E-state index in [1.807, 2.05) is 24.3 Å². The first-order chi connectivity index (χ1) is 15.3. The van der Waals surface area contributed by atoms with Crippen molar-refractivity contribution in [2.75, 3.05) is 39.6 Å². The molecule has 0 heterocycles. The molecule has 1 N–H and O–H groups in total. The molecular formula is C26H35NO4. The second-order valence-corrected chi connectivity index (χ2v) is 7.89. The number of carbonyl (C=O) groups excluding carboxylic acids is 1. The van der Waals surface area contributed by atoms with E-state index in [4.69, 9.17) is 14.2 Å². The smallest absolute Gasteiger partial charge is 0.407 e. The van der Waals surface area contributed by atoms with E-state index in [1.165, 1.54) is 47.9 Å². The van der Waals surface area contributed by atoms with Crippen molar-refractivity contribution in [3.05, 3.63) is 59.7 Å². The van der Waals surface area contributed by atoms with Gasteiger partial charge in [-0.3, -0.25) is 0 Å². The number of unbranched alkanes of at least 4 members (excludes halogenated alkanes) is 4. The number of ether oxygens (including phenoxy) is 3. The van der Waals surface area contributed by atoms with E-state index in [-0.39, 0.29) is 5.92 Å². The van der Waals surface area contributed by atoms with Gasteiger partial charge >= 0.3 is 6.09 Å². The number of benzene rings is 2. The molecule has 2 aromatic rings. The topological polar surface area (TPSA) is 56.8 Å². The highest BCUT2D eigenvalue weighted by Crippen LogP contribution is 2.44. The van der Waals surface area contributed by atoms with Gasteiger partial charge in [0.1, 0.15) is 6.61 Å². The first kappa shape index (κ1) is 23.3. The number of nitrogens with one attached hydrogen (secondary N) is 1. The van der Waals surface area contributed by atoms with Crippen molar-refractivity contribution in [2.45, 2.75) is 44.9 Å². The molecule has 0 fully saturated rings. The van der Waals surface area contributed by atoms with Gasteiger partial charge in [0, 0.05) is 19.1 Å². The SMILES string of the molecule is CCCCCCCOCCOCCNC(=O)OCC1c2ccccc2-c2ccccc21. The summed E-state index contributed by atoms with van der Waals surface area (Å²) < 4.78 is 16.6. The van der Waals surface area contributed by atoms with Crippen LogP contribution in [0.15, 0.2) is 48.5 Å². The Morgan fingerprint density at radius 1 is 0.806 bits per heavy atom. The fraction of sp³-hybridized carbons (Fsp3) is 0.500. The molecule has 0 aliphatic heterocycles. The van der Waals surface area contributed by atoms with Gasteiger partial charge in [-0.15, -0.1) is 0 Å². The monoisotopic (exact) mass is 425 g/mol. The lowest BCUT2D eigenvalue weighted by molar-refractivity contribution is 0.0468. The molecule has 0 saturated heterocycles. The Labute approximate surface area is 186 Å². The van der Waals surface area contributed by atoms with Crippen LogP contribution in [0, 0.1) is 0 Å². The molecule has 1 aliphatic carbocycles. The number of alkyl carbamates (subject to hydrolysis) is 1. The number of amides is 1. The lowest BCUT2D eigenvalue weighted by atomic mass is 9.98. The Hall–Kier alpha value is -2.37. The highest BCUT2D eigenvalue weighted by molar-refractivity contribution is 5.79. The summed E-state index contributed by atoms with van der Waals surface area (Å²) in [5.74, 6) is 0.0773. The quantitative estimate of drug-likeness (QED) is 0.404. The maximum atomic E-state index is 12.1. The van der Waals surface area contributed by atoms with Gasteiger partial charge in [0.2, 0.25) is 0 Å². The number of hydrogen-bond donors (Lipinski definition) is 1. The molecular weight excluding hydrogens is 390 g/mol. The highest BCUT2D eigenvalue weighted by atomic mass is 16.5. The molecule has 0 aromatic heterocycles. The van der Waals surface area contributed by atoms with Crippen LogP contribution in [0.2, 0.25) is 0 Å². The van der Waals surface area contributed by atoms with Gasteiger partial charge in [-0.1, -0.05) is 81.1 Å². The summed E-state index contributed by atoms with van der Waals surface area (Å²) >= 11 is 0. The highest BCUT2D eigenvalue weighted by Gasteiger charge is 2.28. The number of hydrogen-bond acceptors (Lipinski definition) is 4. The van der Waals surface area contributed by atoms with Crippen LogP contribution in [-0.4, -0.2) is 45.7 Å². The predicted molar refractivity (Wildman–Crippen MR) is 123 cm³/mol. The van der Waals surface area contributed by atoms with Crippen LogP contribution in [0.25, 0.3) is 11.1 Å². The van der Waals surface area contributed by atoms with E-state index in [0.717, 1.165) is 13.0 Å². The van der Waals surface area contributed by atoms with Gasteiger partial charge in [0.05, 0.1) is 19.8 Å². The van der Waals surface area contributed by atoms with Gasteiger partial charge in [-0.25, -0.2) is 4.79 Å². The molecule has 0 radical (unpaired) electrons. The van der Waals surface area contributed by atoms with Gasteiger partial charge in [-0.05, 0) is 28.7 Å². The summed E-state index contributed by atoms with van der Waals surface area (Å²) in [7, 11) is 0. The second-order valence-electron chi connectivity index (χ2n) is 7.89. The third kappa shape index (κ3) is 7.08. The van der Waals surface area contributed by atoms with Crippen molar-refractivity contribution >= 4 is 6.09 Å². The Morgan fingerprint density at radius 3 is 2.10 bits per heavy atom. The lowest BCUT2D eigenvalue weighted by Crippen LogP contribution is -2.29. The molecule has 0 atom stereocenters. The average molecular weight is 426 g/mol. The van der Waals surface area contributed by atoms with E-state index in [0.29, 0.717) is 33.0 Å². The van der Waals surface area contributed by atoms with Gasteiger partial charge in [0.25, 0.3) is 0 Å². The average Bonchev–Trinajstić information content (AvgIpc) is 3.12. The van der Waals surface area contributed by atoms with Crippen molar-refractivity contribution in [1.82, 2.24) is 5.32 Å². The van der Waals surface area contributed by atoms with Crippen molar-refractivity contribution < 1.29 is 19.0 Å². The Morgan fingerprint density at radius 2 is 1.42 bits per heavy atom. The van der Waals surface area contributed by atoms with Crippen LogP contribution >= 0.6 is 0 Å². The van der Waals surface area contributed by atoms with E-state index < -0.39 is 6.09 Å². The zero-order chi connectivity index (χ0) is 21.7. The fourth-order valence-electron chi connectivity index (χ4n) is 4.00. The molecule has 168 valence electrons. The first-order valence-electron chi connectivity index (χ1n) is 11.6. The molecule has 1 aliphatic rings. The standard InChI is InChI=1S/C26H35NO4/c1-2-3-4-5-10-16-29-18-19-30-17-15-27-26(28)31-20-25-23-13-8-6-11-21(23)22-12-7-9-14-24(22)25/h6-9,11-14,25H,2-5,10,15-20H2,1H3,(H,27,28). The van der Waals surface area contributed by atoms with Crippen molar-refractivity contribution in [1.29, 1.82) is 0 Å². The van der Waals surface area contributed by atoms with Crippen LogP contribution in [0.3, 0.4) is 0 Å². The molecule has 0 spiro atoms. The zero-order valence-electron chi connectivity index (χ0n) is 18.6. The first-order valence-corrected chi connectivity index (χ1v) is 11.6. The second kappa shape index (κ2) is 13.1. The molecule has 0 saturated carbocycles. The summed E-state index contributed by atoms with van der Waals surface area (Å²) in [6.45, 7) is 5.35. The minimum Gasteiger partial charge on any atom is -0.449 e. The van der Waals surface area contributed by atoms with Crippen LogP contribution in [-0.2, 0) is 14.2 Å². The van der Waals surface area contributed by atoms with Gasteiger partial charge < -0.3 is 19.5 Å². The van der Waals surface area contributed by atoms with E-state index in [2.05, 4.69) is 36.5 Å². The normalized spacial score (nSPS) is 12.4. The fourth-order valence-corrected chi connectivity index (χ4v) is 4.00. The van der Waals surface area contributed by atoms with Crippen LogP contribution < -0.4 is 5.32 Å². The maximum Gasteiger partial charge on any atom is 0.407 e.